The van der Waals surface area contributed by atoms with E-state index in [0.717, 1.165) is 0 Å². The molecule has 0 spiro atoms. The van der Waals surface area contributed by atoms with E-state index in [9.17, 15) is 4.79 Å². The van der Waals surface area contributed by atoms with E-state index in [1.54, 1.807) is 18.2 Å². The Morgan fingerprint density at radius 3 is 2.70 bits per heavy atom. The molecule has 6 nitrogen and oxygen atoms in total. The summed E-state index contributed by atoms with van der Waals surface area (Å²) in [5, 5.41) is 3.59. The highest BCUT2D eigenvalue weighted by Gasteiger charge is 2.07. The molecular formula is C12H10ClN5OS. The number of hydrazine groups is 1. The predicted molar refractivity (Wildman–Crippen MR) is 80.3 cm³/mol. The van der Waals surface area contributed by atoms with Crippen LogP contribution in [0.25, 0.3) is 0 Å². The molecule has 0 aliphatic carbocycles. The first-order chi connectivity index (χ1) is 9.66. The molecular weight excluding hydrogens is 298 g/mol. The summed E-state index contributed by atoms with van der Waals surface area (Å²) in [5.41, 5.74) is 5.84. The van der Waals surface area contributed by atoms with Crippen molar-refractivity contribution >= 4 is 40.5 Å². The molecule has 0 unspecified atom stereocenters. The number of nitrogens with zero attached hydrogens (tertiary/aromatic N) is 2. The van der Waals surface area contributed by atoms with Crippen molar-refractivity contribution in [3.05, 3.63) is 53.6 Å². The third kappa shape index (κ3) is 3.87. The lowest BCUT2D eigenvalue weighted by Gasteiger charge is -2.12. The molecule has 3 N–H and O–H groups in total. The second-order valence-corrected chi connectivity index (χ2v) is 4.42. The molecule has 8 heteroatoms. The van der Waals surface area contributed by atoms with Gasteiger partial charge >= 0.3 is 0 Å². The van der Waals surface area contributed by atoms with Crippen molar-refractivity contribution < 1.29 is 4.79 Å². The van der Waals surface area contributed by atoms with Gasteiger partial charge in [0.05, 0.1) is 10.7 Å². The summed E-state index contributed by atoms with van der Waals surface area (Å²) in [7, 11) is 0. The predicted octanol–water partition coefficient (Wildman–Crippen LogP) is 1.76. The van der Waals surface area contributed by atoms with Crippen LogP contribution in [-0.2, 0) is 0 Å². The van der Waals surface area contributed by atoms with Crippen molar-refractivity contribution in [2.75, 3.05) is 5.32 Å². The number of hydrogen-bond acceptors (Lipinski definition) is 4. The Bertz CT molecular complexity index is 622. The van der Waals surface area contributed by atoms with Gasteiger partial charge in [0, 0.05) is 6.20 Å². The molecule has 0 saturated heterocycles. The summed E-state index contributed by atoms with van der Waals surface area (Å²) >= 11 is 11.0. The molecule has 1 heterocycles. The van der Waals surface area contributed by atoms with E-state index in [0.29, 0.717) is 10.7 Å². The number of anilines is 1. The standard InChI is InChI=1S/C12H10ClN5OS/c13-8-3-1-2-4-9(8)16-12(20)18-17-11(19)10-5-6-14-7-15-10/h1-7H,(H,17,19)(H2,16,18,20). The molecule has 0 bridgehead atoms. The number of aromatic nitrogens is 2. The molecule has 0 aliphatic rings. The first-order valence-corrected chi connectivity index (χ1v) is 6.33. The van der Waals surface area contributed by atoms with E-state index >= 15 is 0 Å². The number of hydrogen-bond donors (Lipinski definition) is 3. The van der Waals surface area contributed by atoms with Gasteiger partial charge in [-0.2, -0.15) is 0 Å². The SMILES string of the molecule is O=C(NNC(=S)Nc1ccccc1Cl)c1ccncn1. The van der Waals surface area contributed by atoms with Crippen LogP contribution in [0.2, 0.25) is 5.02 Å². The second kappa shape index (κ2) is 6.78. The fourth-order valence-electron chi connectivity index (χ4n) is 1.32. The van der Waals surface area contributed by atoms with E-state index in [4.69, 9.17) is 23.8 Å². The van der Waals surface area contributed by atoms with Crippen LogP contribution < -0.4 is 16.2 Å². The lowest BCUT2D eigenvalue weighted by Crippen LogP contribution is -2.44. The molecule has 0 aliphatic heterocycles. The highest BCUT2D eigenvalue weighted by atomic mass is 35.5. The minimum Gasteiger partial charge on any atom is -0.330 e. The fourth-order valence-corrected chi connectivity index (χ4v) is 1.66. The number of halogens is 1. The first-order valence-electron chi connectivity index (χ1n) is 5.54. The van der Waals surface area contributed by atoms with Crippen LogP contribution in [0.4, 0.5) is 5.69 Å². The lowest BCUT2D eigenvalue weighted by molar-refractivity contribution is 0.0939. The minimum absolute atomic E-state index is 0.209. The van der Waals surface area contributed by atoms with Crippen LogP contribution in [0.15, 0.2) is 42.9 Å². The Labute approximate surface area is 125 Å². The van der Waals surface area contributed by atoms with Gasteiger partial charge in [0.15, 0.2) is 5.11 Å². The average Bonchev–Trinajstić information content (AvgIpc) is 2.48. The smallest absolute Gasteiger partial charge is 0.288 e. The summed E-state index contributed by atoms with van der Waals surface area (Å²) in [6.45, 7) is 0. The first kappa shape index (κ1) is 14.2. The Morgan fingerprint density at radius 2 is 2.00 bits per heavy atom. The van der Waals surface area contributed by atoms with Gasteiger partial charge < -0.3 is 5.32 Å². The van der Waals surface area contributed by atoms with E-state index in [1.807, 2.05) is 6.07 Å². The average molecular weight is 308 g/mol. The van der Waals surface area contributed by atoms with E-state index in [-0.39, 0.29) is 10.8 Å². The normalized spacial score (nSPS) is 9.65. The number of amides is 1. The summed E-state index contributed by atoms with van der Waals surface area (Å²) < 4.78 is 0. The quantitative estimate of drug-likeness (QED) is 0.579. The van der Waals surface area contributed by atoms with Gasteiger partial charge in [-0.15, -0.1) is 0 Å². The molecule has 0 radical (unpaired) electrons. The molecule has 0 fully saturated rings. The maximum atomic E-state index is 11.7. The third-order valence-corrected chi connectivity index (χ3v) is 2.76. The Balaban J connectivity index is 1.87. The number of para-hydroxylation sites is 1. The maximum Gasteiger partial charge on any atom is 0.288 e. The van der Waals surface area contributed by atoms with E-state index in [1.165, 1.54) is 18.6 Å². The zero-order valence-corrected chi connectivity index (χ0v) is 11.7. The molecule has 102 valence electrons. The Hall–Kier alpha value is -2.25. The van der Waals surface area contributed by atoms with Crippen LogP contribution >= 0.6 is 23.8 Å². The molecule has 1 aromatic heterocycles. The van der Waals surface area contributed by atoms with Gasteiger partial charge in [-0.05, 0) is 30.4 Å². The summed E-state index contributed by atoms with van der Waals surface area (Å²) in [5.74, 6) is -0.421. The van der Waals surface area contributed by atoms with Crippen molar-refractivity contribution in [3.63, 3.8) is 0 Å². The van der Waals surface area contributed by atoms with Gasteiger partial charge in [-0.3, -0.25) is 15.6 Å². The molecule has 0 saturated carbocycles. The fraction of sp³-hybridized carbons (Fsp3) is 0. The highest BCUT2D eigenvalue weighted by Crippen LogP contribution is 2.19. The molecule has 1 aromatic carbocycles. The zero-order valence-electron chi connectivity index (χ0n) is 10.1. The number of nitrogens with one attached hydrogen (secondary N) is 3. The number of carbonyl (C=O) groups excluding carboxylic acids is 1. The van der Waals surface area contributed by atoms with Crippen LogP contribution in [0, 0.1) is 0 Å². The summed E-state index contributed by atoms with van der Waals surface area (Å²) in [6, 6.07) is 8.60. The van der Waals surface area contributed by atoms with Gasteiger partial charge in [0.2, 0.25) is 0 Å². The monoisotopic (exact) mass is 307 g/mol. The van der Waals surface area contributed by atoms with Crippen molar-refractivity contribution in [2.45, 2.75) is 0 Å². The lowest BCUT2D eigenvalue weighted by atomic mass is 10.3. The Kier molecular flexibility index (Phi) is 4.80. The molecule has 20 heavy (non-hydrogen) atoms. The molecule has 2 rings (SSSR count). The molecule has 0 atom stereocenters. The van der Waals surface area contributed by atoms with Gasteiger partial charge in [-0.25, -0.2) is 9.97 Å². The molecule has 1 amide bonds. The van der Waals surface area contributed by atoms with Gasteiger partial charge in [0.25, 0.3) is 5.91 Å². The number of thiocarbonyl (C=S) groups is 1. The molecule has 2 aromatic rings. The summed E-state index contributed by atoms with van der Waals surface area (Å²) in [6.07, 6.45) is 2.76. The second-order valence-electron chi connectivity index (χ2n) is 3.61. The van der Waals surface area contributed by atoms with Gasteiger partial charge in [-0.1, -0.05) is 23.7 Å². The topological polar surface area (TPSA) is 78.9 Å². The van der Waals surface area contributed by atoms with Crippen molar-refractivity contribution in [1.82, 2.24) is 20.8 Å². The van der Waals surface area contributed by atoms with Crippen LogP contribution in [0.5, 0.6) is 0 Å². The third-order valence-electron chi connectivity index (χ3n) is 2.23. The van der Waals surface area contributed by atoms with Gasteiger partial charge in [0.1, 0.15) is 12.0 Å². The van der Waals surface area contributed by atoms with Crippen LogP contribution in [-0.4, -0.2) is 21.0 Å². The minimum atomic E-state index is -0.421. The largest absolute Gasteiger partial charge is 0.330 e. The zero-order chi connectivity index (χ0) is 14.4. The van der Waals surface area contributed by atoms with Crippen molar-refractivity contribution in [1.29, 1.82) is 0 Å². The van der Waals surface area contributed by atoms with E-state index < -0.39 is 5.91 Å². The number of rotatable bonds is 2. The number of benzene rings is 1. The maximum absolute atomic E-state index is 11.7. The van der Waals surface area contributed by atoms with Crippen LogP contribution in [0.3, 0.4) is 0 Å². The number of carbonyl (C=O) groups is 1. The Morgan fingerprint density at radius 1 is 1.20 bits per heavy atom. The van der Waals surface area contributed by atoms with Crippen molar-refractivity contribution in [2.24, 2.45) is 0 Å². The van der Waals surface area contributed by atoms with Crippen molar-refractivity contribution in [3.8, 4) is 0 Å². The van der Waals surface area contributed by atoms with Crippen LogP contribution in [0.1, 0.15) is 10.5 Å². The van der Waals surface area contributed by atoms with E-state index in [2.05, 4.69) is 26.1 Å². The highest BCUT2D eigenvalue weighted by molar-refractivity contribution is 7.80. The summed E-state index contributed by atoms with van der Waals surface area (Å²) in [4.78, 5) is 19.2.